The van der Waals surface area contributed by atoms with Crippen LogP contribution in [0.4, 0.5) is 5.82 Å². The van der Waals surface area contributed by atoms with Crippen LogP contribution in [0.3, 0.4) is 0 Å². The Morgan fingerprint density at radius 2 is 1.75 bits per heavy atom. The molecule has 0 radical (unpaired) electrons. The van der Waals surface area contributed by atoms with Crippen LogP contribution in [0.15, 0.2) is 16.7 Å². The zero-order valence-electron chi connectivity index (χ0n) is 15.3. The van der Waals surface area contributed by atoms with Crippen molar-refractivity contribution in [1.82, 2.24) is 20.0 Å². The summed E-state index contributed by atoms with van der Waals surface area (Å²) in [5.41, 5.74) is 2.15. The molecule has 1 aliphatic heterocycles. The van der Waals surface area contributed by atoms with Crippen molar-refractivity contribution < 1.29 is 4.52 Å². The highest BCUT2D eigenvalue weighted by Gasteiger charge is 2.22. The maximum Gasteiger partial charge on any atom is 0.133 e. The third-order valence-corrected chi connectivity index (χ3v) is 4.35. The SMILES string of the molecule is Cc1nc(N2CCN(Cc3cc(C)on3)CC2)cc(C(C)(C)C)n1. The average Bonchev–Trinajstić information content (AvgIpc) is 2.91. The standard InChI is InChI=1S/C18H27N5O/c1-13-10-15(21-24-13)12-22-6-8-23(9-7-22)17-11-16(18(3,4)5)19-14(2)20-17/h10-11H,6-9,12H2,1-5H3. The van der Waals surface area contributed by atoms with Gasteiger partial charge in [0.05, 0.1) is 11.4 Å². The fourth-order valence-electron chi connectivity index (χ4n) is 2.95. The van der Waals surface area contributed by atoms with Gasteiger partial charge in [0.2, 0.25) is 0 Å². The quantitative estimate of drug-likeness (QED) is 0.863. The van der Waals surface area contributed by atoms with Crippen molar-refractivity contribution in [2.75, 3.05) is 31.1 Å². The van der Waals surface area contributed by atoms with Crippen molar-refractivity contribution in [3.63, 3.8) is 0 Å². The van der Waals surface area contributed by atoms with E-state index in [4.69, 9.17) is 4.52 Å². The second kappa shape index (κ2) is 6.51. The molecule has 0 bridgehead atoms. The lowest BCUT2D eigenvalue weighted by molar-refractivity contribution is 0.241. The van der Waals surface area contributed by atoms with Crippen molar-refractivity contribution in [3.8, 4) is 0 Å². The Kier molecular flexibility index (Phi) is 4.58. The van der Waals surface area contributed by atoms with Crippen LogP contribution in [-0.2, 0) is 12.0 Å². The summed E-state index contributed by atoms with van der Waals surface area (Å²) in [6.45, 7) is 15.3. The Labute approximate surface area is 143 Å². The van der Waals surface area contributed by atoms with Crippen LogP contribution < -0.4 is 4.90 Å². The highest BCUT2D eigenvalue weighted by Crippen LogP contribution is 2.24. The Morgan fingerprint density at radius 1 is 1.04 bits per heavy atom. The minimum absolute atomic E-state index is 0.0368. The van der Waals surface area contributed by atoms with Gasteiger partial charge in [-0.3, -0.25) is 4.90 Å². The highest BCUT2D eigenvalue weighted by atomic mass is 16.5. The summed E-state index contributed by atoms with van der Waals surface area (Å²) >= 11 is 0. The summed E-state index contributed by atoms with van der Waals surface area (Å²) in [5, 5.41) is 4.09. The van der Waals surface area contributed by atoms with Crippen LogP contribution in [0, 0.1) is 13.8 Å². The lowest BCUT2D eigenvalue weighted by Gasteiger charge is -2.35. The second-order valence-electron chi connectivity index (χ2n) is 7.60. The number of nitrogens with zero attached hydrogens (tertiary/aromatic N) is 5. The fourth-order valence-corrected chi connectivity index (χ4v) is 2.95. The third-order valence-electron chi connectivity index (χ3n) is 4.35. The van der Waals surface area contributed by atoms with Gasteiger partial charge in [-0.1, -0.05) is 25.9 Å². The molecule has 6 nitrogen and oxygen atoms in total. The summed E-state index contributed by atoms with van der Waals surface area (Å²) in [6.07, 6.45) is 0. The highest BCUT2D eigenvalue weighted by molar-refractivity contribution is 5.42. The van der Waals surface area contributed by atoms with Gasteiger partial charge in [-0.15, -0.1) is 0 Å². The van der Waals surface area contributed by atoms with Crippen LogP contribution in [0.5, 0.6) is 0 Å². The smallest absolute Gasteiger partial charge is 0.133 e. The molecule has 3 rings (SSSR count). The van der Waals surface area contributed by atoms with Crippen LogP contribution in [0.2, 0.25) is 0 Å². The molecule has 3 heterocycles. The van der Waals surface area contributed by atoms with Crippen molar-refractivity contribution in [1.29, 1.82) is 0 Å². The number of anilines is 1. The van der Waals surface area contributed by atoms with Gasteiger partial charge in [0.15, 0.2) is 0 Å². The molecule has 0 aliphatic carbocycles. The van der Waals surface area contributed by atoms with Gasteiger partial charge in [-0.25, -0.2) is 9.97 Å². The minimum atomic E-state index is 0.0368. The summed E-state index contributed by atoms with van der Waals surface area (Å²) in [5.74, 6) is 2.76. The number of aryl methyl sites for hydroxylation is 2. The first kappa shape index (κ1) is 16.9. The molecule has 0 saturated carbocycles. The molecule has 2 aromatic rings. The summed E-state index contributed by atoms with van der Waals surface area (Å²) < 4.78 is 5.15. The number of rotatable bonds is 3. The number of hydrogen-bond acceptors (Lipinski definition) is 6. The van der Waals surface area contributed by atoms with E-state index in [1.165, 1.54) is 0 Å². The summed E-state index contributed by atoms with van der Waals surface area (Å²) in [6, 6.07) is 4.15. The monoisotopic (exact) mass is 329 g/mol. The molecular weight excluding hydrogens is 302 g/mol. The van der Waals surface area contributed by atoms with E-state index >= 15 is 0 Å². The largest absolute Gasteiger partial charge is 0.361 e. The average molecular weight is 329 g/mol. The maximum atomic E-state index is 5.15. The van der Waals surface area contributed by atoms with E-state index in [0.717, 1.165) is 61.5 Å². The molecule has 1 saturated heterocycles. The second-order valence-corrected chi connectivity index (χ2v) is 7.60. The van der Waals surface area contributed by atoms with E-state index in [9.17, 15) is 0 Å². The van der Waals surface area contributed by atoms with Gasteiger partial charge in [-0.2, -0.15) is 0 Å². The zero-order valence-corrected chi connectivity index (χ0v) is 15.3. The van der Waals surface area contributed by atoms with E-state index < -0.39 is 0 Å². The van der Waals surface area contributed by atoms with Crippen LogP contribution in [0.25, 0.3) is 0 Å². The molecule has 0 spiro atoms. The molecule has 0 aromatic carbocycles. The molecular formula is C18H27N5O. The Balaban J connectivity index is 1.65. The normalized spacial score (nSPS) is 16.6. The molecule has 0 amide bonds. The van der Waals surface area contributed by atoms with E-state index in [1.54, 1.807) is 0 Å². The predicted molar refractivity (Wildman–Crippen MR) is 94.2 cm³/mol. The molecule has 130 valence electrons. The molecule has 0 N–H and O–H groups in total. The van der Waals surface area contributed by atoms with Crippen LogP contribution in [-0.4, -0.2) is 46.2 Å². The van der Waals surface area contributed by atoms with Crippen molar-refractivity contribution in [2.24, 2.45) is 0 Å². The number of hydrogen-bond donors (Lipinski definition) is 0. The van der Waals surface area contributed by atoms with E-state index in [-0.39, 0.29) is 5.41 Å². The topological polar surface area (TPSA) is 58.3 Å². The lowest BCUT2D eigenvalue weighted by Crippen LogP contribution is -2.46. The zero-order chi connectivity index (χ0) is 17.3. The number of piperazine rings is 1. The van der Waals surface area contributed by atoms with Crippen LogP contribution in [0.1, 0.15) is 43.7 Å². The van der Waals surface area contributed by atoms with Gasteiger partial charge in [0, 0.05) is 50.3 Å². The first-order chi connectivity index (χ1) is 11.3. The van der Waals surface area contributed by atoms with Gasteiger partial charge >= 0.3 is 0 Å². The van der Waals surface area contributed by atoms with Gasteiger partial charge in [0.1, 0.15) is 17.4 Å². The Hall–Kier alpha value is -1.95. The first-order valence-electron chi connectivity index (χ1n) is 8.57. The maximum absolute atomic E-state index is 5.15. The fraction of sp³-hybridized carbons (Fsp3) is 0.611. The van der Waals surface area contributed by atoms with E-state index in [2.05, 4.69) is 51.8 Å². The van der Waals surface area contributed by atoms with Crippen molar-refractivity contribution >= 4 is 5.82 Å². The van der Waals surface area contributed by atoms with E-state index in [1.807, 2.05) is 19.9 Å². The molecule has 1 aliphatic rings. The predicted octanol–water partition coefficient (Wildman–Crippen LogP) is 2.70. The Bertz CT molecular complexity index is 696. The summed E-state index contributed by atoms with van der Waals surface area (Å²) in [7, 11) is 0. The van der Waals surface area contributed by atoms with Gasteiger partial charge in [-0.05, 0) is 13.8 Å². The van der Waals surface area contributed by atoms with Crippen LogP contribution >= 0.6 is 0 Å². The molecule has 24 heavy (non-hydrogen) atoms. The first-order valence-corrected chi connectivity index (χ1v) is 8.57. The van der Waals surface area contributed by atoms with Crippen molar-refractivity contribution in [2.45, 2.75) is 46.6 Å². The van der Waals surface area contributed by atoms with Crippen molar-refractivity contribution in [3.05, 3.63) is 35.1 Å². The molecule has 0 unspecified atom stereocenters. The molecule has 0 atom stereocenters. The van der Waals surface area contributed by atoms with Gasteiger partial charge in [0.25, 0.3) is 0 Å². The molecule has 6 heteroatoms. The number of aromatic nitrogens is 3. The molecule has 2 aromatic heterocycles. The Morgan fingerprint density at radius 3 is 2.33 bits per heavy atom. The minimum Gasteiger partial charge on any atom is -0.361 e. The van der Waals surface area contributed by atoms with Gasteiger partial charge < -0.3 is 9.42 Å². The summed E-state index contributed by atoms with van der Waals surface area (Å²) in [4.78, 5) is 14.0. The van der Waals surface area contributed by atoms with E-state index in [0.29, 0.717) is 0 Å². The molecule has 1 fully saturated rings. The lowest BCUT2D eigenvalue weighted by atomic mass is 9.92. The third kappa shape index (κ3) is 3.93.